The minimum atomic E-state index is -0.671. The van der Waals surface area contributed by atoms with Crippen molar-refractivity contribution in [3.8, 4) is 17.2 Å². The molecule has 3 rings (SSSR count). The van der Waals surface area contributed by atoms with Crippen LogP contribution in [0, 0.1) is 0 Å². The number of hydrogen-bond acceptors (Lipinski definition) is 7. The molecule has 0 bridgehead atoms. The predicted octanol–water partition coefficient (Wildman–Crippen LogP) is 3.81. The second-order valence-corrected chi connectivity index (χ2v) is 5.85. The minimum Gasteiger partial charge on any atom is -0.497 e. The number of hydrogen-bond donors (Lipinski definition) is 0. The molecule has 27 heavy (non-hydrogen) atoms. The molecule has 0 spiro atoms. The third kappa shape index (κ3) is 4.51. The van der Waals surface area contributed by atoms with E-state index in [1.54, 1.807) is 45.4 Å². The molecular weight excluding hydrogens is 348 g/mol. The van der Waals surface area contributed by atoms with Gasteiger partial charge in [-0.25, -0.2) is 4.79 Å². The topological polar surface area (TPSA) is 83.7 Å². The Hall–Kier alpha value is -3.19. The smallest absolute Gasteiger partial charge is 0.338 e. The summed E-state index contributed by atoms with van der Waals surface area (Å²) in [7, 11) is 3.22. The number of nitrogens with zero attached hydrogens (tertiary/aromatic N) is 2. The second kappa shape index (κ2) is 8.46. The zero-order valence-electron chi connectivity index (χ0n) is 15.3. The van der Waals surface area contributed by atoms with Crippen molar-refractivity contribution in [3.05, 3.63) is 65.5 Å². The van der Waals surface area contributed by atoms with E-state index in [-0.39, 0.29) is 5.89 Å². The van der Waals surface area contributed by atoms with E-state index in [9.17, 15) is 4.79 Å². The van der Waals surface area contributed by atoms with Gasteiger partial charge >= 0.3 is 5.97 Å². The fourth-order valence-electron chi connectivity index (χ4n) is 2.43. The normalized spacial score (nSPS) is 11.8. The lowest BCUT2D eigenvalue weighted by molar-refractivity contribution is 0.0280. The molecule has 0 aliphatic heterocycles. The first-order valence-electron chi connectivity index (χ1n) is 8.37. The molecule has 7 heteroatoms. The van der Waals surface area contributed by atoms with Crippen molar-refractivity contribution in [3.63, 3.8) is 0 Å². The maximum Gasteiger partial charge on any atom is 0.338 e. The first-order valence-corrected chi connectivity index (χ1v) is 8.37. The van der Waals surface area contributed by atoms with Gasteiger partial charge in [0, 0.05) is 12.7 Å². The Morgan fingerprint density at radius 1 is 1.04 bits per heavy atom. The van der Waals surface area contributed by atoms with E-state index in [1.807, 2.05) is 24.3 Å². The predicted molar refractivity (Wildman–Crippen MR) is 97.3 cm³/mol. The zero-order valence-corrected chi connectivity index (χ0v) is 15.3. The molecule has 0 aliphatic carbocycles. The van der Waals surface area contributed by atoms with Gasteiger partial charge in [-0.3, -0.25) is 0 Å². The van der Waals surface area contributed by atoms with Crippen LogP contribution in [0.1, 0.15) is 34.8 Å². The average molecular weight is 368 g/mol. The van der Waals surface area contributed by atoms with Gasteiger partial charge in [-0.05, 0) is 48.9 Å². The van der Waals surface area contributed by atoms with Gasteiger partial charge in [0.05, 0.1) is 19.3 Å². The third-order valence-corrected chi connectivity index (χ3v) is 3.91. The Morgan fingerprint density at radius 3 is 2.37 bits per heavy atom. The number of carbonyl (C=O) groups is 1. The van der Waals surface area contributed by atoms with Crippen molar-refractivity contribution < 1.29 is 23.4 Å². The molecule has 0 fully saturated rings. The zero-order chi connectivity index (χ0) is 19.2. The van der Waals surface area contributed by atoms with Crippen LogP contribution in [0.4, 0.5) is 0 Å². The fourth-order valence-corrected chi connectivity index (χ4v) is 2.43. The maximum absolute atomic E-state index is 12.3. The van der Waals surface area contributed by atoms with Crippen LogP contribution in [0.2, 0.25) is 0 Å². The summed E-state index contributed by atoms with van der Waals surface area (Å²) in [4.78, 5) is 12.3. The molecule has 0 radical (unpaired) electrons. The molecule has 140 valence electrons. The highest BCUT2D eigenvalue weighted by atomic mass is 16.6. The molecule has 1 aromatic heterocycles. The largest absolute Gasteiger partial charge is 0.497 e. The summed E-state index contributed by atoms with van der Waals surface area (Å²) in [6.45, 7) is 2.17. The molecule has 3 aromatic rings. The molecule has 2 aromatic carbocycles. The van der Waals surface area contributed by atoms with Crippen LogP contribution in [-0.2, 0) is 16.1 Å². The first-order chi connectivity index (χ1) is 13.1. The van der Waals surface area contributed by atoms with Gasteiger partial charge in [0.2, 0.25) is 5.89 Å². The van der Waals surface area contributed by atoms with E-state index in [4.69, 9.17) is 18.6 Å². The van der Waals surface area contributed by atoms with Gasteiger partial charge in [-0.2, -0.15) is 0 Å². The summed E-state index contributed by atoms with van der Waals surface area (Å²) in [5.41, 5.74) is 2.17. The van der Waals surface area contributed by atoms with Crippen molar-refractivity contribution in [1.29, 1.82) is 0 Å². The number of benzene rings is 2. The number of aromatic nitrogens is 2. The van der Waals surface area contributed by atoms with E-state index < -0.39 is 12.1 Å². The van der Waals surface area contributed by atoms with Gasteiger partial charge in [-0.1, -0.05) is 12.1 Å². The van der Waals surface area contributed by atoms with E-state index >= 15 is 0 Å². The summed E-state index contributed by atoms with van der Waals surface area (Å²) in [5, 5.41) is 7.99. The Bertz CT molecular complexity index is 887. The average Bonchev–Trinajstić information content (AvgIpc) is 3.19. The van der Waals surface area contributed by atoms with Gasteiger partial charge in [-0.15, -0.1) is 10.2 Å². The molecular formula is C20H20N2O5. The summed E-state index contributed by atoms with van der Waals surface area (Å²) in [5.74, 6) is 0.845. The SMILES string of the molecule is COCc1ccc(C(=O)OC(C)c2nnc(-c3ccc(OC)cc3)o2)cc1. The van der Waals surface area contributed by atoms with Crippen LogP contribution >= 0.6 is 0 Å². The van der Waals surface area contributed by atoms with Gasteiger partial charge in [0.1, 0.15) is 5.75 Å². The number of ether oxygens (including phenoxy) is 3. The first kappa shape index (κ1) is 18.6. The minimum absolute atomic E-state index is 0.227. The Kier molecular flexibility index (Phi) is 5.83. The van der Waals surface area contributed by atoms with Crippen molar-refractivity contribution >= 4 is 5.97 Å². The number of rotatable bonds is 7. The molecule has 0 saturated carbocycles. The molecule has 0 aliphatic rings. The lowest BCUT2D eigenvalue weighted by atomic mass is 10.1. The third-order valence-electron chi connectivity index (χ3n) is 3.91. The number of carbonyl (C=O) groups excluding carboxylic acids is 1. The summed E-state index contributed by atoms with van der Waals surface area (Å²) in [6.07, 6.45) is -0.671. The van der Waals surface area contributed by atoms with Crippen LogP contribution in [0.5, 0.6) is 5.75 Å². The molecule has 0 saturated heterocycles. The number of esters is 1. The molecule has 0 amide bonds. The standard InChI is InChI=1S/C20H20N2O5/c1-13(26-20(23)16-6-4-14(5-7-16)12-24-2)18-21-22-19(27-18)15-8-10-17(25-3)11-9-15/h4-11,13H,12H2,1-3H3. The highest BCUT2D eigenvalue weighted by Crippen LogP contribution is 2.24. The summed E-state index contributed by atoms with van der Waals surface area (Å²) in [6, 6.07) is 14.3. The molecule has 7 nitrogen and oxygen atoms in total. The van der Waals surface area contributed by atoms with Crippen LogP contribution in [-0.4, -0.2) is 30.4 Å². The van der Waals surface area contributed by atoms with Gasteiger partial charge in [0.25, 0.3) is 5.89 Å². The lowest BCUT2D eigenvalue weighted by Gasteiger charge is -2.09. The maximum atomic E-state index is 12.3. The van der Waals surface area contributed by atoms with Crippen molar-refractivity contribution in [2.24, 2.45) is 0 Å². The van der Waals surface area contributed by atoms with E-state index in [2.05, 4.69) is 10.2 Å². The lowest BCUT2D eigenvalue weighted by Crippen LogP contribution is -2.09. The van der Waals surface area contributed by atoms with Crippen molar-refractivity contribution in [1.82, 2.24) is 10.2 Å². The van der Waals surface area contributed by atoms with Gasteiger partial charge < -0.3 is 18.6 Å². The number of methoxy groups -OCH3 is 2. The Balaban J connectivity index is 1.66. The fraction of sp³-hybridized carbons (Fsp3) is 0.250. The van der Waals surface area contributed by atoms with Crippen LogP contribution in [0.15, 0.2) is 52.9 Å². The van der Waals surface area contributed by atoms with Crippen LogP contribution in [0.25, 0.3) is 11.5 Å². The van der Waals surface area contributed by atoms with Crippen molar-refractivity contribution in [2.75, 3.05) is 14.2 Å². The van der Waals surface area contributed by atoms with Crippen LogP contribution in [0.3, 0.4) is 0 Å². The van der Waals surface area contributed by atoms with E-state index in [0.29, 0.717) is 18.1 Å². The highest BCUT2D eigenvalue weighted by molar-refractivity contribution is 5.89. The summed E-state index contributed by atoms with van der Waals surface area (Å²) < 4.78 is 21.2. The molecule has 1 unspecified atom stereocenters. The molecule has 1 atom stereocenters. The molecule has 1 heterocycles. The monoisotopic (exact) mass is 368 g/mol. The molecule has 0 N–H and O–H groups in total. The van der Waals surface area contributed by atoms with Gasteiger partial charge in [0.15, 0.2) is 6.10 Å². The Labute approximate surface area is 156 Å². The van der Waals surface area contributed by atoms with Crippen molar-refractivity contribution in [2.45, 2.75) is 19.6 Å². The van der Waals surface area contributed by atoms with E-state index in [1.165, 1.54) is 0 Å². The quantitative estimate of drug-likeness (QED) is 0.586. The highest BCUT2D eigenvalue weighted by Gasteiger charge is 2.20. The Morgan fingerprint density at radius 2 is 1.74 bits per heavy atom. The second-order valence-electron chi connectivity index (χ2n) is 5.85. The van der Waals surface area contributed by atoms with E-state index in [0.717, 1.165) is 16.9 Å². The van der Waals surface area contributed by atoms with Crippen LogP contribution < -0.4 is 4.74 Å². The summed E-state index contributed by atoms with van der Waals surface area (Å²) >= 11 is 0.